The molecule has 5 aromatic rings. The third-order valence-electron chi connectivity index (χ3n) is 8.70. The Labute approximate surface area is 272 Å². The molecule has 2 fully saturated rings. The van der Waals surface area contributed by atoms with Gasteiger partial charge in [-0.1, -0.05) is 30.3 Å². The topological polar surface area (TPSA) is 142 Å². The summed E-state index contributed by atoms with van der Waals surface area (Å²) in [6, 6.07) is 17.4. The summed E-state index contributed by atoms with van der Waals surface area (Å²) in [6.45, 7) is 7.08. The predicted octanol–water partition coefficient (Wildman–Crippen LogP) is 4.49. The molecule has 238 valence electrons. The smallest absolute Gasteiger partial charge is 0.408 e. The molecule has 1 aromatic carbocycles. The number of hydrogen-bond acceptors (Lipinski definition) is 8. The second-order valence-electron chi connectivity index (χ2n) is 13.3. The van der Waals surface area contributed by atoms with Gasteiger partial charge in [0.25, 0.3) is 5.91 Å². The highest BCUT2D eigenvalue weighted by Gasteiger charge is 2.57. The molecule has 2 amide bonds. The molecule has 1 saturated carbocycles. The number of aryl methyl sites for hydroxylation is 1. The zero-order chi connectivity index (χ0) is 32.9. The van der Waals surface area contributed by atoms with E-state index in [2.05, 4.69) is 31.8 Å². The number of benzene rings is 1. The average molecular weight is 630 g/mol. The maximum atomic E-state index is 13.4. The largest absolute Gasteiger partial charge is 0.431 e. The van der Waals surface area contributed by atoms with E-state index in [9.17, 15) is 14.9 Å². The Morgan fingerprint density at radius 3 is 2.38 bits per heavy atom. The molecular formula is C35H35N9O3. The lowest BCUT2D eigenvalue weighted by atomic mass is 10.0. The highest BCUT2D eigenvalue weighted by molar-refractivity contribution is 5.88. The van der Waals surface area contributed by atoms with E-state index in [0.717, 1.165) is 46.7 Å². The number of piperidine rings is 1. The Bertz CT molecular complexity index is 1990. The Kier molecular flexibility index (Phi) is 7.39. The van der Waals surface area contributed by atoms with Crippen LogP contribution in [0.15, 0.2) is 79.5 Å². The predicted molar refractivity (Wildman–Crippen MR) is 175 cm³/mol. The molecule has 0 spiro atoms. The van der Waals surface area contributed by atoms with Gasteiger partial charge >= 0.3 is 6.09 Å². The van der Waals surface area contributed by atoms with Gasteiger partial charge in [-0.3, -0.25) is 9.48 Å². The van der Waals surface area contributed by atoms with Crippen LogP contribution < -0.4 is 15.5 Å². The highest BCUT2D eigenvalue weighted by atomic mass is 16.6. The fourth-order valence-electron chi connectivity index (χ4n) is 6.39. The maximum absolute atomic E-state index is 13.4. The van der Waals surface area contributed by atoms with Crippen molar-refractivity contribution in [2.45, 2.75) is 38.5 Å². The summed E-state index contributed by atoms with van der Waals surface area (Å²) < 4.78 is 9.10. The quantitative estimate of drug-likeness (QED) is 0.268. The van der Waals surface area contributed by atoms with Gasteiger partial charge in [0.15, 0.2) is 0 Å². The number of ether oxygens (including phenoxy) is 1. The molecule has 1 aliphatic carbocycles. The Hall–Kier alpha value is -5.70. The van der Waals surface area contributed by atoms with E-state index in [1.165, 1.54) is 0 Å². The second kappa shape index (κ2) is 11.6. The van der Waals surface area contributed by atoms with Crippen molar-refractivity contribution in [2.75, 3.05) is 18.0 Å². The normalized spacial score (nSPS) is 19.1. The van der Waals surface area contributed by atoms with Gasteiger partial charge in [0, 0.05) is 90.0 Å². The molecule has 7 rings (SSSR count). The zero-order valence-corrected chi connectivity index (χ0v) is 26.6. The van der Waals surface area contributed by atoms with Crippen LogP contribution in [0, 0.1) is 23.2 Å². The van der Waals surface area contributed by atoms with E-state index in [1.807, 2.05) is 82.8 Å². The average Bonchev–Trinajstić information content (AvgIpc) is 3.50. The van der Waals surface area contributed by atoms with Crippen LogP contribution >= 0.6 is 0 Å². The van der Waals surface area contributed by atoms with Gasteiger partial charge in [0.1, 0.15) is 11.9 Å². The molecule has 0 radical (unpaired) electrons. The van der Waals surface area contributed by atoms with E-state index in [0.29, 0.717) is 11.1 Å². The number of pyridine rings is 2. The van der Waals surface area contributed by atoms with E-state index in [-0.39, 0.29) is 23.8 Å². The molecule has 2 N–H and O–H groups in total. The summed E-state index contributed by atoms with van der Waals surface area (Å²) in [4.78, 5) is 33.0. The van der Waals surface area contributed by atoms with Crippen molar-refractivity contribution in [1.82, 2.24) is 35.0 Å². The SMILES string of the molecule is Cn1cc(-c2cc(-c3ccc(N4CC5C(C4)C5NC(=O)C(OC(=O)NC(C)(C)C)c4ccccc4)nc3)c3c(C#N)cnn3c2)cn1. The van der Waals surface area contributed by atoms with Crippen LogP contribution in [0.25, 0.3) is 27.8 Å². The number of anilines is 1. The molecule has 12 heteroatoms. The van der Waals surface area contributed by atoms with Gasteiger partial charge in [-0.2, -0.15) is 15.5 Å². The highest BCUT2D eigenvalue weighted by Crippen LogP contribution is 2.47. The number of carbonyl (C=O) groups is 2. The maximum Gasteiger partial charge on any atom is 0.408 e. The van der Waals surface area contributed by atoms with E-state index < -0.39 is 17.7 Å². The molecule has 1 aliphatic heterocycles. The van der Waals surface area contributed by atoms with Crippen molar-refractivity contribution >= 4 is 23.3 Å². The first-order valence-electron chi connectivity index (χ1n) is 15.5. The van der Waals surface area contributed by atoms with Crippen molar-refractivity contribution in [3.8, 4) is 28.3 Å². The number of alkyl carbamates (subject to hydrolysis) is 1. The van der Waals surface area contributed by atoms with Gasteiger partial charge < -0.3 is 20.3 Å². The number of nitrogens with one attached hydrogen (secondary N) is 2. The zero-order valence-electron chi connectivity index (χ0n) is 26.6. The van der Waals surface area contributed by atoms with Crippen LogP contribution in [-0.2, 0) is 16.6 Å². The Morgan fingerprint density at radius 2 is 1.74 bits per heavy atom. The number of fused-ring (bicyclic) bond motifs is 2. The number of carbonyl (C=O) groups excluding carboxylic acids is 2. The van der Waals surface area contributed by atoms with Gasteiger partial charge in [0.2, 0.25) is 6.10 Å². The molecule has 1 saturated heterocycles. The molecule has 0 bridgehead atoms. The fraction of sp³-hybridized carbons (Fsp3) is 0.314. The standard InChI is InChI=1S/C35H35N9O3/c1-35(2,3)41-34(46)47-32(21-8-6-5-7-9-21)33(45)40-30-27-19-43(20-28(27)30)29-11-10-22(14-37-29)26-12-23(25-16-38-42(4)17-25)18-44-31(26)24(13-36)15-39-44/h5-12,14-18,27-28,30,32H,19-20H2,1-4H3,(H,40,45)(H,41,46). The number of aromatic nitrogens is 5. The summed E-state index contributed by atoms with van der Waals surface area (Å²) >= 11 is 0. The van der Waals surface area contributed by atoms with Crippen LogP contribution in [0.3, 0.4) is 0 Å². The summed E-state index contributed by atoms with van der Waals surface area (Å²) in [6.07, 6.45) is 7.36. The van der Waals surface area contributed by atoms with Crippen LogP contribution in [0.1, 0.15) is 38.0 Å². The summed E-state index contributed by atoms with van der Waals surface area (Å²) in [5.41, 5.74) is 4.95. The van der Waals surface area contributed by atoms with Crippen molar-refractivity contribution in [3.63, 3.8) is 0 Å². The lowest BCUT2D eigenvalue weighted by molar-refractivity contribution is -0.130. The van der Waals surface area contributed by atoms with Crippen LogP contribution in [0.5, 0.6) is 0 Å². The fourth-order valence-corrected chi connectivity index (χ4v) is 6.39. The molecular weight excluding hydrogens is 594 g/mol. The molecule has 3 atom stereocenters. The first-order valence-corrected chi connectivity index (χ1v) is 15.5. The number of amides is 2. The Morgan fingerprint density at radius 1 is 0.979 bits per heavy atom. The van der Waals surface area contributed by atoms with Crippen molar-refractivity contribution in [1.29, 1.82) is 5.26 Å². The minimum Gasteiger partial charge on any atom is -0.431 e. The van der Waals surface area contributed by atoms with Gasteiger partial charge in [-0.05, 0) is 39.0 Å². The molecule has 3 unspecified atom stereocenters. The van der Waals surface area contributed by atoms with Crippen molar-refractivity contribution in [3.05, 3.63) is 90.6 Å². The van der Waals surface area contributed by atoms with E-state index >= 15 is 0 Å². The second-order valence-corrected chi connectivity index (χ2v) is 13.3. The molecule has 12 nitrogen and oxygen atoms in total. The number of rotatable bonds is 7. The third-order valence-corrected chi connectivity index (χ3v) is 8.70. The van der Waals surface area contributed by atoms with Crippen molar-refractivity contribution in [2.24, 2.45) is 18.9 Å². The van der Waals surface area contributed by atoms with E-state index in [1.54, 1.807) is 33.7 Å². The monoisotopic (exact) mass is 629 g/mol. The first-order chi connectivity index (χ1) is 22.6. The van der Waals surface area contributed by atoms with Crippen molar-refractivity contribution < 1.29 is 14.3 Å². The number of nitrogens with zero attached hydrogens (tertiary/aromatic N) is 7. The Balaban J connectivity index is 1.04. The minimum atomic E-state index is -1.05. The van der Waals surface area contributed by atoms with Gasteiger partial charge in [0.05, 0.1) is 23.5 Å². The lowest BCUT2D eigenvalue weighted by Crippen LogP contribution is -2.44. The van der Waals surface area contributed by atoms with Gasteiger partial charge in [-0.15, -0.1) is 0 Å². The lowest BCUT2D eigenvalue weighted by Gasteiger charge is -2.25. The molecule has 2 aliphatic rings. The van der Waals surface area contributed by atoms with Crippen LogP contribution in [-0.4, -0.2) is 61.0 Å². The van der Waals surface area contributed by atoms with E-state index in [4.69, 9.17) is 9.72 Å². The first kappa shape index (κ1) is 30.0. The summed E-state index contributed by atoms with van der Waals surface area (Å²) in [5, 5.41) is 24.4. The van der Waals surface area contributed by atoms with Crippen LogP contribution in [0.2, 0.25) is 0 Å². The molecule has 4 aromatic heterocycles. The van der Waals surface area contributed by atoms with Crippen LogP contribution in [0.4, 0.5) is 10.6 Å². The number of nitriles is 1. The minimum absolute atomic E-state index is 0.00767. The molecule has 47 heavy (non-hydrogen) atoms. The summed E-state index contributed by atoms with van der Waals surface area (Å²) in [7, 11) is 1.87. The van der Waals surface area contributed by atoms with Gasteiger partial charge in [-0.25, -0.2) is 14.3 Å². The molecule has 5 heterocycles. The third kappa shape index (κ3) is 6.00. The number of hydrogen-bond donors (Lipinski definition) is 2. The summed E-state index contributed by atoms with van der Waals surface area (Å²) in [5.74, 6) is 1.08.